The minimum Gasteiger partial charge on any atom is -0.495 e. The molecule has 3 rings (SSSR count). The highest BCUT2D eigenvalue weighted by Crippen LogP contribution is 2.28. The smallest absolute Gasteiger partial charge is 0.295 e. The number of anilines is 1. The monoisotopic (exact) mass is 357 g/mol. The molecule has 0 spiro atoms. The Kier molecular flexibility index (Phi) is 4.85. The van der Waals surface area contributed by atoms with Crippen LogP contribution in [-0.4, -0.2) is 40.3 Å². The summed E-state index contributed by atoms with van der Waals surface area (Å²) in [4.78, 5) is 21.0. The zero-order chi connectivity index (χ0) is 17.8. The van der Waals surface area contributed by atoms with Gasteiger partial charge in [-0.2, -0.15) is 0 Å². The van der Waals surface area contributed by atoms with Crippen LogP contribution in [0.1, 0.15) is 16.1 Å². The molecule has 0 aromatic carbocycles. The topological polar surface area (TPSA) is 99.1 Å². The fraction of sp³-hybridized carbons (Fsp3) is 0.188. The second kappa shape index (κ2) is 7.22. The fourth-order valence-electron chi connectivity index (χ4n) is 2.16. The minimum absolute atomic E-state index is 0.343. The summed E-state index contributed by atoms with van der Waals surface area (Å²) in [5.74, 6) is 0.260. The van der Waals surface area contributed by atoms with Gasteiger partial charge in [0.2, 0.25) is 5.13 Å². The van der Waals surface area contributed by atoms with E-state index in [9.17, 15) is 4.79 Å². The Bertz CT molecular complexity index is 912. The minimum atomic E-state index is -0.343. The molecule has 0 aliphatic carbocycles. The number of aromatic nitrogens is 4. The molecule has 3 aromatic rings. The van der Waals surface area contributed by atoms with Crippen LogP contribution >= 0.6 is 11.3 Å². The van der Waals surface area contributed by atoms with Crippen molar-refractivity contribution >= 4 is 22.4 Å². The Morgan fingerprint density at radius 3 is 2.68 bits per heavy atom. The molecule has 0 aliphatic rings. The fourth-order valence-corrected chi connectivity index (χ4v) is 2.72. The summed E-state index contributed by atoms with van der Waals surface area (Å²) in [6.07, 6.45) is 4.80. The highest BCUT2D eigenvalue weighted by Gasteiger charge is 2.17. The lowest BCUT2D eigenvalue weighted by molar-refractivity contribution is 0.102. The normalized spacial score (nSPS) is 10.4. The molecule has 8 nitrogen and oxygen atoms in total. The third-order valence-electron chi connectivity index (χ3n) is 3.35. The molecule has 25 heavy (non-hydrogen) atoms. The summed E-state index contributed by atoms with van der Waals surface area (Å²) in [5, 5.41) is 11.1. The number of aryl methyl sites for hydroxylation is 1. The number of rotatable bonds is 5. The van der Waals surface area contributed by atoms with E-state index < -0.39 is 0 Å². The zero-order valence-electron chi connectivity index (χ0n) is 13.8. The van der Waals surface area contributed by atoms with Gasteiger partial charge in [0.15, 0.2) is 0 Å². The van der Waals surface area contributed by atoms with E-state index in [-0.39, 0.29) is 5.91 Å². The lowest BCUT2D eigenvalue weighted by atomic mass is 10.0. The molecule has 0 aliphatic heterocycles. The first-order valence-corrected chi connectivity index (χ1v) is 8.07. The number of methoxy groups -OCH3 is 2. The van der Waals surface area contributed by atoms with Crippen LogP contribution in [0.3, 0.4) is 0 Å². The van der Waals surface area contributed by atoms with Gasteiger partial charge in [-0.3, -0.25) is 20.1 Å². The van der Waals surface area contributed by atoms with Crippen molar-refractivity contribution in [2.24, 2.45) is 0 Å². The first-order chi connectivity index (χ1) is 12.1. The van der Waals surface area contributed by atoms with Gasteiger partial charge >= 0.3 is 0 Å². The number of hydrogen-bond acceptors (Lipinski definition) is 8. The van der Waals surface area contributed by atoms with Gasteiger partial charge in [-0.15, -0.1) is 5.10 Å². The second-order valence-corrected chi connectivity index (χ2v) is 5.96. The van der Waals surface area contributed by atoms with Crippen LogP contribution in [0.2, 0.25) is 0 Å². The van der Waals surface area contributed by atoms with E-state index >= 15 is 0 Å². The van der Waals surface area contributed by atoms with E-state index in [1.807, 2.05) is 19.1 Å². The standard InChI is InChI=1S/C16H15N5O3S/c1-9-4-12(10-5-11(23-2)7-17-6-10)13(8-18-9)14(22)19-15-20-21-16(24-3)25-15/h4-8H,1-3H3,(H,19,20,22). The molecule has 3 heterocycles. The van der Waals surface area contributed by atoms with Gasteiger partial charge in [0.05, 0.1) is 26.0 Å². The van der Waals surface area contributed by atoms with Gasteiger partial charge in [0.25, 0.3) is 11.1 Å². The molecule has 1 N–H and O–H groups in total. The van der Waals surface area contributed by atoms with Crippen molar-refractivity contribution in [2.75, 3.05) is 19.5 Å². The molecule has 9 heteroatoms. The summed E-state index contributed by atoms with van der Waals surface area (Å²) in [6.45, 7) is 1.86. The predicted molar refractivity (Wildman–Crippen MR) is 93.2 cm³/mol. The summed E-state index contributed by atoms with van der Waals surface area (Å²) >= 11 is 1.14. The van der Waals surface area contributed by atoms with Crippen LogP contribution in [-0.2, 0) is 0 Å². The average molecular weight is 357 g/mol. The molecular weight excluding hydrogens is 342 g/mol. The third-order valence-corrected chi connectivity index (χ3v) is 4.15. The molecule has 0 saturated heterocycles. The largest absolute Gasteiger partial charge is 0.495 e. The lowest BCUT2D eigenvalue weighted by Gasteiger charge is -2.10. The number of pyridine rings is 2. The third kappa shape index (κ3) is 3.72. The summed E-state index contributed by atoms with van der Waals surface area (Å²) < 4.78 is 10.2. The van der Waals surface area contributed by atoms with Crippen molar-refractivity contribution in [3.05, 3.63) is 42.0 Å². The lowest BCUT2D eigenvalue weighted by Crippen LogP contribution is -2.14. The zero-order valence-corrected chi connectivity index (χ0v) is 14.6. The van der Waals surface area contributed by atoms with E-state index in [4.69, 9.17) is 9.47 Å². The molecule has 0 atom stereocenters. The SMILES string of the molecule is COc1cncc(-c2cc(C)ncc2C(=O)Nc2nnc(OC)s2)c1. The van der Waals surface area contributed by atoms with Gasteiger partial charge in [0, 0.05) is 23.7 Å². The Balaban J connectivity index is 1.96. The molecule has 128 valence electrons. The van der Waals surface area contributed by atoms with Crippen molar-refractivity contribution < 1.29 is 14.3 Å². The van der Waals surface area contributed by atoms with Gasteiger partial charge < -0.3 is 9.47 Å². The number of hydrogen-bond donors (Lipinski definition) is 1. The Morgan fingerprint density at radius 2 is 1.96 bits per heavy atom. The van der Waals surface area contributed by atoms with E-state index in [0.29, 0.717) is 27.2 Å². The van der Waals surface area contributed by atoms with E-state index in [0.717, 1.165) is 22.6 Å². The molecule has 0 bridgehead atoms. The first kappa shape index (κ1) is 16.8. The molecule has 0 saturated carbocycles. The van der Waals surface area contributed by atoms with E-state index in [1.165, 1.54) is 13.3 Å². The molecule has 0 radical (unpaired) electrons. The summed E-state index contributed by atoms with van der Waals surface area (Å²) in [6, 6.07) is 3.64. The van der Waals surface area contributed by atoms with Crippen molar-refractivity contribution in [1.29, 1.82) is 0 Å². The van der Waals surface area contributed by atoms with Crippen LogP contribution < -0.4 is 14.8 Å². The average Bonchev–Trinajstić information content (AvgIpc) is 3.09. The Labute approximate surface area is 147 Å². The van der Waals surface area contributed by atoms with Crippen molar-refractivity contribution in [3.8, 4) is 22.1 Å². The quantitative estimate of drug-likeness (QED) is 0.749. The second-order valence-electron chi connectivity index (χ2n) is 5.02. The maximum Gasteiger partial charge on any atom is 0.295 e. The van der Waals surface area contributed by atoms with Gasteiger partial charge in [-0.25, -0.2) is 0 Å². The van der Waals surface area contributed by atoms with Crippen LogP contribution in [0.5, 0.6) is 10.9 Å². The highest BCUT2D eigenvalue weighted by atomic mass is 32.1. The first-order valence-electron chi connectivity index (χ1n) is 7.25. The number of carbonyl (C=O) groups excluding carboxylic acids is 1. The molecular formula is C16H15N5O3S. The number of carbonyl (C=O) groups is 1. The number of nitrogens with zero attached hydrogens (tertiary/aromatic N) is 4. The van der Waals surface area contributed by atoms with Gasteiger partial charge in [-0.05, 0) is 36.0 Å². The maximum atomic E-state index is 12.7. The Hall–Kier alpha value is -3.07. The number of ether oxygens (including phenoxy) is 2. The molecule has 0 fully saturated rings. The van der Waals surface area contributed by atoms with Crippen molar-refractivity contribution in [1.82, 2.24) is 20.2 Å². The predicted octanol–water partition coefficient (Wildman–Crippen LogP) is 2.57. The number of amides is 1. The summed E-state index contributed by atoms with van der Waals surface area (Å²) in [7, 11) is 3.05. The highest BCUT2D eigenvalue weighted by molar-refractivity contribution is 7.17. The molecule has 1 amide bonds. The van der Waals surface area contributed by atoms with Crippen LogP contribution in [0.4, 0.5) is 5.13 Å². The summed E-state index contributed by atoms with van der Waals surface area (Å²) in [5.41, 5.74) is 2.64. The van der Waals surface area contributed by atoms with Gasteiger partial charge in [0.1, 0.15) is 5.75 Å². The number of nitrogens with one attached hydrogen (secondary N) is 1. The van der Waals surface area contributed by atoms with E-state index in [1.54, 1.807) is 19.5 Å². The van der Waals surface area contributed by atoms with Crippen molar-refractivity contribution in [2.45, 2.75) is 6.92 Å². The molecule has 3 aromatic heterocycles. The Morgan fingerprint density at radius 1 is 1.12 bits per heavy atom. The van der Waals surface area contributed by atoms with Crippen LogP contribution in [0.15, 0.2) is 30.7 Å². The molecule has 0 unspecified atom stereocenters. The van der Waals surface area contributed by atoms with Crippen molar-refractivity contribution in [3.63, 3.8) is 0 Å². The maximum absolute atomic E-state index is 12.7. The van der Waals surface area contributed by atoms with E-state index in [2.05, 4.69) is 25.5 Å². The van der Waals surface area contributed by atoms with Gasteiger partial charge in [-0.1, -0.05) is 5.10 Å². The van der Waals surface area contributed by atoms with Crippen LogP contribution in [0.25, 0.3) is 11.1 Å². The van der Waals surface area contributed by atoms with Crippen LogP contribution in [0, 0.1) is 6.92 Å².